The highest BCUT2D eigenvalue weighted by Gasteiger charge is 2.43. The highest BCUT2D eigenvalue weighted by Crippen LogP contribution is 2.41. The van der Waals surface area contributed by atoms with Gasteiger partial charge < -0.3 is 19.6 Å². The Morgan fingerprint density at radius 2 is 1.84 bits per heavy atom. The van der Waals surface area contributed by atoms with Crippen molar-refractivity contribution < 1.29 is 45.9 Å². The molecular weight excluding hydrogens is 622 g/mol. The summed E-state index contributed by atoms with van der Waals surface area (Å²) in [6.07, 6.45) is -8.08. The van der Waals surface area contributed by atoms with Gasteiger partial charge in [0.1, 0.15) is 5.56 Å². The summed E-state index contributed by atoms with van der Waals surface area (Å²) in [5, 5.41) is 26.6. The van der Waals surface area contributed by atoms with Gasteiger partial charge in [-0.1, -0.05) is 41.0 Å². The Labute approximate surface area is 249 Å². The fourth-order valence-electron chi connectivity index (χ4n) is 5.13. The van der Waals surface area contributed by atoms with Crippen LogP contribution < -0.4 is 0 Å². The summed E-state index contributed by atoms with van der Waals surface area (Å²) in [7, 11) is 0. The number of rotatable bonds is 8. The molecule has 10 nitrogen and oxygen atoms in total. The van der Waals surface area contributed by atoms with Crippen molar-refractivity contribution in [3.05, 3.63) is 64.6 Å². The average Bonchev–Trinajstić information content (AvgIpc) is 3.60. The number of nitrogens with zero attached hydrogens (tertiary/aromatic N) is 6. The number of pyridine rings is 1. The molecular formula is C27H23ClF6N6O4. The van der Waals surface area contributed by atoms with Crippen molar-refractivity contribution in [2.45, 2.75) is 37.7 Å². The molecule has 0 radical (unpaired) electrons. The number of aliphatic carboxylic acids is 1. The minimum absolute atomic E-state index is 0.000753. The molecule has 4 heterocycles. The summed E-state index contributed by atoms with van der Waals surface area (Å²) in [6.45, 7) is 1.55. The topological polar surface area (TPSA) is 130 Å². The first-order valence-corrected chi connectivity index (χ1v) is 13.5. The van der Waals surface area contributed by atoms with Crippen LogP contribution in [-0.2, 0) is 17.1 Å². The number of aliphatic hydroxyl groups excluding tert-OH is 1. The van der Waals surface area contributed by atoms with Gasteiger partial charge in [-0.25, -0.2) is 9.67 Å². The Morgan fingerprint density at radius 1 is 1.11 bits per heavy atom. The van der Waals surface area contributed by atoms with Gasteiger partial charge in [0.15, 0.2) is 11.5 Å². The van der Waals surface area contributed by atoms with Crippen LogP contribution in [0.5, 0.6) is 0 Å². The third kappa shape index (κ3) is 6.87. The van der Waals surface area contributed by atoms with E-state index < -0.39 is 58.0 Å². The number of hydrogen-bond donors (Lipinski definition) is 2. The molecule has 44 heavy (non-hydrogen) atoms. The number of piperidine rings is 1. The van der Waals surface area contributed by atoms with E-state index >= 15 is 0 Å². The van der Waals surface area contributed by atoms with Gasteiger partial charge in [-0.3, -0.25) is 4.79 Å². The Hall–Kier alpha value is -4.02. The molecule has 17 heteroatoms. The van der Waals surface area contributed by atoms with Gasteiger partial charge in [0.2, 0.25) is 5.82 Å². The number of β-amino-alcohol motifs (C(OH)–C–C–N with tert-alkyl or cyclic N) is 1. The smallest absolute Gasteiger partial charge is 0.434 e. The van der Waals surface area contributed by atoms with Gasteiger partial charge in [0.05, 0.1) is 22.9 Å². The number of carbonyl (C=O) groups is 1. The van der Waals surface area contributed by atoms with Crippen LogP contribution in [0.2, 0.25) is 5.02 Å². The van der Waals surface area contributed by atoms with Crippen LogP contribution in [0, 0.1) is 5.92 Å². The van der Waals surface area contributed by atoms with Crippen LogP contribution in [-0.4, -0.2) is 65.6 Å². The van der Waals surface area contributed by atoms with Gasteiger partial charge in [-0.05, 0) is 36.9 Å². The molecule has 4 aromatic rings. The summed E-state index contributed by atoms with van der Waals surface area (Å²) in [4.78, 5) is 20.5. The summed E-state index contributed by atoms with van der Waals surface area (Å²) in [6, 6.07) is 6.66. The Balaban J connectivity index is 1.37. The van der Waals surface area contributed by atoms with E-state index in [1.165, 1.54) is 12.1 Å². The van der Waals surface area contributed by atoms with Crippen molar-refractivity contribution in [2.75, 3.05) is 19.6 Å². The van der Waals surface area contributed by atoms with Crippen LogP contribution in [0.25, 0.3) is 28.7 Å². The van der Waals surface area contributed by atoms with E-state index in [2.05, 4.69) is 20.2 Å². The lowest BCUT2D eigenvalue weighted by molar-refractivity contribution is -0.144. The molecule has 1 aromatic carbocycles. The Kier molecular flexibility index (Phi) is 8.68. The lowest BCUT2D eigenvalue weighted by Crippen LogP contribution is -2.38. The van der Waals surface area contributed by atoms with E-state index in [1.54, 1.807) is 12.1 Å². The molecule has 2 atom stereocenters. The molecule has 0 aliphatic carbocycles. The van der Waals surface area contributed by atoms with Gasteiger partial charge in [-0.15, -0.1) is 0 Å². The molecule has 0 spiro atoms. The van der Waals surface area contributed by atoms with E-state index in [0.717, 1.165) is 25.6 Å². The SMILES string of the molecule is O=C(O)CC1CCCN(CC(O)c2ccc(-c3noc(-c4cnn(-c5ncc(Cl)cc5C(F)(F)F)c4C(F)(F)F)n3)cc2)C1. The van der Waals surface area contributed by atoms with E-state index in [4.69, 9.17) is 21.2 Å². The maximum Gasteiger partial charge on any atom is 0.434 e. The first kappa shape index (κ1) is 31.4. The first-order chi connectivity index (χ1) is 20.7. The second-order valence-electron chi connectivity index (χ2n) is 10.3. The third-order valence-corrected chi connectivity index (χ3v) is 7.29. The van der Waals surface area contributed by atoms with Gasteiger partial charge in [-0.2, -0.15) is 36.4 Å². The lowest BCUT2D eigenvalue weighted by atomic mass is 9.94. The number of carboxylic acids is 1. The molecule has 2 unspecified atom stereocenters. The number of halogens is 7. The zero-order chi connectivity index (χ0) is 31.8. The highest BCUT2D eigenvalue weighted by atomic mass is 35.5. The number of benzene rings is 1. The second-order valence-corrected chi connectivity index (χ2v) is 10.7. The molecule has 234 valence electrons. The molecule has 0 amide bonds. The van der Waals surface area contributed by atoms with Gasteiger partial charge >= 0.3 is 18.3 Å². The average molecular weight is 645 g/mol. The van der Waals surface area contributed by atoms with Crippen LogP contribution in [0.1, 0.15) is 42.2 Å². The van der Waals surface area contributed by atoms with Crippen LogP contribution in [0.3, 0.4) is 0 Å². The van der Waals surface area contributed by atoms with E-state index in [1.807, 2.05) is 4.90 Å². The molecule has 1 fully saturated rings. The molecule has 2 N–H and O–H groups in total. The first-order valence-electron chi connectivity index (χ1n) is 13.2. The monoisotopic (exact) mass is 644 g/mol. The van der Waals surface area contributed by atoms with Crippen LogP contribution >= 0.6 is 11.6 Å². The standard InChI is InChI=1S/C27H23ClF6N6O4/c28-17-9-19(26(29,30)31)24(35-10-17)40-22(27(32,33)34)18(11-36-40)25-37-23(38-44-25)16-5-3-15(4-6-16)20(41)13-39-7-1-2-14(12-39)8-21(42)43/h3-6,9-11,14,20,41H,1-2,7-8,12-13H2,(H,42,43). The summed E-state index contributed by atoms with van der Waals surface area (Å²) >= 11 is 5.61. The van der Waals surface area contributed by atoms with Gasteiger partial charge in [0, 0.05) is 31.3 Å². The molecule has 1 aliphatic heterocycles. The largest absolute Gasteiger partial charge is 0.481 e. The maximum atomic E-state index is 14.2. The summed E-state index contributed by atoms with van der Waals surface area (Å²) in [5.74, 6) is -2.77. The molecule has 1 saturated heterocycles. The highest BCUT2D eigenvalue weighted by molar-refractivity contribution is 6.30. The summed E-state index contributed by atoms with van der Waals surface area (Å²) < 4.78 is 88.4. The third-order valence-electron chi connectivity index (χ3n) is 7.08. The predicted octanol–water partition coefficient (Wildman–Crippen LogP) is 5.90. The quantitative estimate of drug-likeness (QED) is 0.225. The fourth-order valence-corrected chi connectivity index (χ4v) is 5.29. The van der Waals surface area contributed by atoms with Crippen molar-refractivity contribution >= 4 is 17.6 Å². The Bertz CT molecular complexity index is 1640. The predicted molar refractivity (Wildman–Crippen MR) is 141 cm³/mol. The normalized spacial score (nSPS) is 17.1. The lowest BCUT2D eigenvalue weighted by Gasteiger charge is -2.33. The van der Waals surface area contributed by atoms with Crippen molar-refractivity contribution in [1.29, 1.82) is 0 Å². The summed E-state index contributed by atoms with van der Waals surface area (Å²) in [5.41, 5.74) is -3.05. The zero-order valence-electron chi connectivity index (χ0n) is 22.5. The molecule has 0 saturated carbocycles. The Morgan fingerprint density at radius 3 is 2.50 bits per heavy atom. The number of hydrogen-bond acceptors (Lipinski definition) is 8. The number of likely N-dealkylation sites (tertiary alicyclic amines) is 1. The van der Waals surface area contributed by atoms with E-state index in [-0.39, 0.29) is 29.4 Å². The maximum absolute atomic E-state index is 14.2. The minimum atomic E-state index is -5.20. The second kappa shape index (κ2) is 12.2. The number of aromatic nitrogens is 5. The molecule has 1 aliphatic rings. The number of carboxylic acid groups (broad SMARTS) is 1. The molecule has 0 bridgehead atoms. The van der Waals surface area contributed by atoms with Crippen molar-refractivity contribution in [3.63, 3.8) is 0 Å². The van der Waals surface area contributed by atoms with Crippen molar-refractivity contribution in [3.8, 4) is 28.7 Å². The molecule has 3 aromatic heterocycles. The van der Waals surface area contributed by atoms with Crippen LogP contribution in [0.15, 0.2) is 47.2 Å². The fraction of sp³-hybridized carbons (Fsp3) is 0.370. The molecule has 5 rings (SSSR count). The van der Waals surface area contributed by atoms with Crippen LogP contribution in [0.4, 0.5) is 26.3 Å². The van der Waals surface area contributed by atoms with Crippen molar-refractivity contribution in [2.24, 2.45) is 5.92 Å². The number of aliphatic hydroxyl groups is 1. The zero-order valence-corrected chi connectivity index (χ0v) is 23.2. The van der Waals surface area contributed by atoms with Gasteiger partial charge in [0.25, 0.3) is 5.89 Å². The van der Waals surface area contributed by atoms with E-state index in [0.29, 0.717) is 29.9 Å². The van der Waals surface area contributed by atoms with E-state index in [9.17, 15) is 36.2 Å². The number of alkyl halides is 6. The van der Waals surface area contributed by atoms with Crippen molar-refractivity contribution in [1.82, 2.24) is 29.8 Å². The minimum Gasteiger partial charge on any atom is -0.481 e.